The summed E-state index contributed by atoms with van der Waals surface area (Å²) in [6.07, 6.45) is 1.32. The van der Waals surface area contributed by atoms with Crippen LogP contribution in [0.2, 0.25) is 0 Å². The monoisotopic (exact) mass is 471 g/mol. The van der Waals surface area contributed by atoms with Crippen molar-refractivity contribution in [2.45, 2.75) is 83.7 Å². The number of aromatic nitrogens is 2. The fourth-order valence-electron chi connectivity index (χ4n) is 4.25. The number of ether oxygens (including phenoxy) is 1. The van der Waals surface area contributed by atoms with Crippen LogP contribution in [-0.4, -0.2) is 56.0 Å². The molecule has 2 bridgehead atoms. The summed E-state index contributed by atoms with van der Waals surface area (Å²) >= 11 is 0. The van der Waals surface area contributed by atoms with Crippen molar-refractivity contribution < 1.29 is 23.6 Å². The summed E-state index contributed by atoms with van der Waals surface area (Å²) < 4.78 is 11.3. The van der Waals surface area contributed by atoms with Crippen molar-refractivity contribution in [3.63, 3.8) is 0 Å². The zero-order valence-electron chi connectivity index (χ0n) is 20.4. The molecular formula is C24H33N5O5. The van der Waals surface area contributed by atoms with Gasteiger partial charge >= 0.3 is 12.1 Å². The molecule has 2 atom stereocenters. The third-order valence-electron chi connectivity index (χ3n) is 5.74. The van der Waals surface area contributed by atoms with Gasteiger partial charge in [0.25, 0.3) is 0 Å². The van der Waals surface area contributed by atoms with Crippen LogP contribution in [0.15, 0.2) is 34.7 Å². The van der Waals surface area contributed by atoms with Crippen molar-refractivity contribution >= 4 is 12.1 Å². The highest BCUT2D eigenvalue weighted by atomic mass is 16.7. The zero-order chi connectivity index (χ0) is 24.5. The van der Waals surface area contributed by atoms with Gasteiger partial charge < -0.3 is 19.4 Å². The summed E-state index contributed by atoms with van der Waals surface area (Å²) in [4.78, 5) is 32.8. The van der Waals surface area contributed by atoms with E-state index in [4.69, 9.17) is 14.0 Å². The van der Waals surface area contributed by atoms with Gasteiger partial charge in [-0.3, -0.25) is 4.84 Å². The van der Waals surface area contributed by atoms with E-state index in [0.717, 1.165) is 12.0 Å². The predicted molar refractivity (Wildman–Crippen MR) is 122 cm³/mol. The van der Waals surface area contributed by atoms with Gasteiger partial charge in [-0.2, -0.15) is 5.06 Å². The van der Waals surface area contributed by atoms with Gasteiger partial charge in [0.05, 0.1) is 6.04 Å². The lowest BCUT2D eigenvalue weighted by molar-refractivity contribution is -0.140. The lowest BCUT2D eigenvalue weighted by Gasteiger charge is -2.28. The average molecular weight is 472 g/mol. The van der Waals surface area contributed by atoms with Gasteiger partial charge in [-0.05, 0) is 53.0 Å². The van der Waals surface area contributed by atoms with Crippen molar-refractivity contribution in [1.29, 1.82) is 0 Å². The van der Waals surface area contributed by atoms with Crippen molar-refractivity contribution in [2.24, 2.45) is 0 Å². The molecular weight excluding hydrogens is 438 g/mol. The number of nitrogens with one attached hydrogen (secondary N) is 1. The lowest BCUT2D eigenvalue weighted by Crippen LogP contribution is -2.47. The fourth-order valence-corrected chi connectivity index (χ4v) is 4.25. The second-order valence-corrected chi connectivity index (χ2v) is 10.5. The van der Waals surface area contributed by atoms with Crippen LogP contribution in [0.5, 0.6) is 0 Å². The van der Waals surface area contributed by atoms with Gasteiger partial charge in [-0.25, -0.2) is 9.59 Å². The van der Waals surface area contributed by atoms with Crippen LogP contribution in [0.3, 0.4) is 0 Å². The van der Waals surface area contributed by atoms with Crippen molar-refractivity contribution in [3.05, 3.63) is 47.7 Å². The number of amides is 3. The number of hydrogen-bond acceptors (Lipinski definition) is 7. The molecule has 0 radical (unpaired) electrons. The molecule has 2 aromatic rings. The van der Waals surface area contributed by atoms with Crippen LogP contribution in [0, 0.1) is 0 Å². The van der Waals surface area contributed by atoms with Gasteiger partial charge in [-0.1, -0.05) is 30.3 Å². The number of rotatable bonds is 7. The molecule has 3 amide bonds. The smallest absolute Gasteiger partial charge is 0.408 e. The fraction of sp³-hybridized carbons (Fsp3) is 0.583. The van der Waals surface area contributed by atoms with Crippen molar-refractivity contribution in [1.82, 2.24) is 25.5 Å². The van der Waals surface area contributed by atoms with Gasteiger partial charge in [0.15, 0.2) is 0 Å². The Morgan fingerprint density at radius 2 is 1.88 bits per heavy atom. The molecule has 1 N–H and O–H groups in total. The van der Waals surface area contributed by atoms with E-state index >= 15 is 0 Å². The van der Waals surface area contributed by atoms with E-state index in [0.29, 0.717) is 37.8 Å². The molecule has 0 spiro atoms. The summed E-state index contributed by atoms with van der Waals surface area (Å²) in [6.45, 7) is 10.0. The molecule has 1 aromatic heterocycles. The maximum atomic E-state index is 13.0. The topological polar surface area (TPSA) is 110 Å². The maximum absolute atomic E-state index is 13.0. The van der Waals surface area contributed by atoms with E-state index in [-0.39, 0.29) is 18.1 Å². The van der Waals surface area contributed by atoms with E-state index in [9.17, 15) is 9.59 Å². The van der Waals surface area contributed by atoms with Crippen molar-refractivity contribution in [2.75, 3.05) is 6.54 Å². The molecule has 2 aliphatic heterocycles. The molecule has 0 unspecified atom stereocenters. The molecule has 2 aliphatic rings. The highest BCUT2D eigenvalue weighted by Gasteiger charge is 2.47. The van der Waals surface area contributed by atoms with Crippen LogP contribution < -0.4 is 5.32 Å². The minimum Gasteiger partial charge on any atom is -0.444 e. The Labute approximate surface area is 199 Å². The third-order valence-corrected chi connectivity index (χ3v) is 5.74. The molecule has 2 fully saturated rings. The lowest BCUT2D eigenvalue weighted by atomic mass is 10.0. The second-order valence-electron chi connectivity index (χ2n) is 10.5. The maximum Gasteiger partial charge on any atom is 0.408 e. The Bertz CT molecular complexity index is 1020. The normalized spacial score (nSPS) is 20.6. The number of hydrogen-bond donors (Lipinski definition) is 1. The largest absolute Gasteiger partial charge is 0.444 e. The number of fused-ring (bicyclic) bond motifs is 2. The molecule has 3 heterocycles. The molecule has 0 saturated carbocycles. The average Bonchev–Trinajstić information content (AvgIpc) is 3.28. The SMILES string of the molecule is CC(C)(Cc1nnc([C@@H]2CC[C@@H]3CN2C(=O)N3OCc2ccccc2)o1)NC(=O)OC(C)(C)C. The zero-order valence-corrected chi connectivity index (χ0v) is 20.4. The minimum atomic E-state index is -0.657. The molecule has 10 nitrogen and oxygen atoms in total. The summed E-state index contributed by atoms with van der Waals surface area (Å²) in [5.74, 6) is 0.793. The predicted octanol–water partition coefficient (Wildman–Crippen LogP) is 3.99. The summed E-state index contributed by atoms with van der Waals surface area (Å²) in [6, 6.07) is 9.30. The highest BCUT2D eigenvalue weighted by Crippen LogP contribution is 2.38. The quantitative estimate of drug-likeness (QED) is 0.650. The van der Waals surface area contributed by atoms with Gasteiger partial charge in [0, 0.05) is 18.5 Å². The first kappa shape index (κ1) is 24.0. The molecule has 1 aromatic carbocycles. The summed E-state index contributed by atoms with van der Waals surface area (Å²) in [5, 5.41) is 12.7. The number of nitrogens with zero attached hydrogens (tertiary/aromatic N) is 4. The van der Waals surface area contributed by atoms with Gasteiger partial charge in [0.1, 0.15) is 18.2 Å². The number of carbonyl (C=O) groups is 2. The van der Waals surface area contributed by atoms with Crippen LogP contribution in [-0.2, 0) is 22.6 Å². The standard InChI is InChI=1S/C24H33N5O5/c1-23(2,3)34-21(30)25-24(4,5)13-19-26-27-20(33-19)18-12-11-17-14-28(18)22(31)29(17)32-15-16-9-7-6-8-10-16/h6-10,17-18H,11-15H2,1-5H3,(H,25,30)/t17-,18+/m1/s1. The molecule has 34 heavy (non-hydrogen) atoms. The van der Waals surface area contributed by atoms with Crippen LogP contribution in [0.25, 0.3) is 0 Å². The molecule has 10 heteroatoms. The first-order chi connectivity index (χ1) is 16.0. The van der Waals surface area contributed by atoms with Gasteiger partial charge in [0.2, 0.25) is 11.8 Å². The van der Waals surface area contributed by atoms with E-state index in [1.165, 1.54) is 5.06 Å². The molecule has 0 aliphatic carbocycles. The number of hydroxylamine groups is 2. The van der Waals surface area contributed by atoms with E-state index in [1.54, 1.807) is 4.90 Å². The number of piperidine rings is 1. The third kappa shape index (κ3) is 5.67. The number of carbonyl (C=O) groups excluding carboxylic acids is 2. The molecule has 2 saturated heterocycles. The Kier molecular flexibility index (Phi) is 6.53. The van der Waals surface area contributed by atoms with E-state index in [2.05, 4.69) is 15.5 Å². The van der Waals surface area contributed by atoms with E-state index in [1.807, 2.05) is 65.0 Å². The van der Waals surface area contributed by atoms with Crippen LogP contribution >= 0.6 is 0 Å². The summed E-state index contributed by atoms with van der Waals surface area (Å²) in [5.41, 5.74) is -0.236. The van der Waals surface area contributed by atoms with Gasteiger partial charge in [-0.15, -0.1) is 10.2 Å². The summed E-state index contributed by atoms with van der Waals surface area (Å²) in [7, 11) is 0. The molecule has 4 rings (SSSR count). The number of urea groups is 1. The Hall–Kier alpha value is -3.14. The first-order valence-corrected chi connectivity index (χ1v) is 11.6. The highest BCUT2D eigenvalue weighted by molar-refractivity contribution is 5.77. The number of benzene rings is 1. The Morgan fingerprint density at radius 3 is 2.59 bits per heavy atom. The Morgan fingerprint density at radius 1 is 1.15 bits per heavy atom. The second kappa shape index (κ2) is 9.25. The number of alkyl carbamates (subject to hydrolysis) is 1. The first-order valence-electron chi connectivity index (χ1n) is 11.6. The minimum absolute atomic E-state index is 0.00631. The molecule has 184 valence electrons. The van der Waals surface area contributed by atoms with E-state index < -0.39 is 17.2 Å². The van der Waals surface area contributed by atoms with Crippen molar-refractivity contribution in [3.8, 4) is 0 Å². The Balaban J connectivity index is 1.36. The van der Waals surface area contributed by atoms with Crippen LogP contribution in [0.1, 0.15) is 70.8 Å². The van der Waals surface area contributed by atoms with Crippen LogP contribution in [0.4, 0.5) is 9.59 Å².